The number of pyridine rings is 1. The molecule has 2 rings (SSSR count). The van der Waals surface area contributed by atoms with Gasteiger partial charge in [-0.25, -0.2) is 12.7 Å². The quantitative estimate of drug-likeness (QED) is 0.821. The summed E-state index contributed by atoms with van der Waals surface area (Å²) in [6.07, 6.45) is 2.88. The van der Waals surface area contributed by atoms with Crippen molar-refractivity contribution in [3.63, 3.8) is 0 Å². The zero-order valence-corrected chi connectivity index (χ0v) is 10.4. The van der Waals surface area contributed by atoms with Gasteiger partial charge in [0.15, 0.2) is 0 Å². The van der Waals surface area contributed by atoms with Crippen LogP contribution in [0.3, 0.4) is 0 Å². The Labute approximate surface area is 102 Å². The number of nitrogens with zero attached hydrogens (tertiary/aromatic N) is 2. The van der Waals surface area contributed by atoms with E-state index in [2.05, 4.69) is 4.98 Å². The lowest BCUT2D eigenvalue weighted by molar-refractivity contribution is 0.472. The molecule has 0 saturated carbocycles. The second-order valence-corrected chi connectivity index (χ2v) is 6.38. The highest BCUT2D eigenvalue weighted by atomic mass is 32.2. The number of rotatable bonds is 4. The number of hydrogen-bond donors (Lipinski definition) is 1. The first-order valence-electron chi connectivity index (χ1n) is 5.71. The lowest BCUT2D eigenvalue weighted by Gasteiger charge is -2.15. The number of sulfonamides is 1. The normalized spacial score (nSPS) is 21.8. The molecule has 0 amide bonds. The molecule has 1 aromatic rings. The number of aromatic nitrogens is 1. The molecule has 1 fully saturated rings. The van der Waals surface area contributed by atoms with Crippen LogP contribution in [0.4, 0.5) is 0 Å². The van der Waals surface area contributed by atoms with Crippen LogP contribution >= 0.6 is 0 Å². The molecule has 17 heavy (non-hydrogen) atoms. The third-order valence-corrected chi connectivity index (χ3v) is 4.76. The van der Waals surface area contributed by atoms with E-state index in [4.69, 9.17) is 5.73 Å². The van der Waals surface area contributed by atoms with Crippen LogP contribution in [0.1, 0.15) is 12.1 Å². The van der Waals surface area contributed by atoms with Crippen molar-refractivity contribution in [1.82, 2.24) is 9.29 Å². The van der Waals surface area contributed by atoms with Gasteiger partial charge in [-0.2, -0.15) is 0 Å². The summed E-state index contributed by atoms with van der Waals surface area (Å²) in [7, 11) is -3.18. The Morgan fingerprint density at radius 1 is 1.47 bits per heavy atom. The molecule has 0 spiro atoms. The smallest absolute Gasteiger partial charge is 0.214 e. The second-order valence-electron chi connectivity index (χ2n) is 4.29. The Kier molecular flexibility index (Phi) is 3.76. The lowest BCUT2D eigenvalue weighted by Crippen LogP contribution is -2.34. The topological polar surface area (TPSA) is 76.3 Å². The van der Waals surface area contributed by atoms with Gasteiger partial charge in [0.2, 0.25) is 10.0 Å². The Balaban J connectivity index is 1.94. The van der Waals surface area contributed by atoms with Crippen molar-refractivity contribution < 1.29 is 8.42 Å². The highest BCUT2D eigenvalue weighted by Gasteiger charge is 2.29. The predicted molar refractivity (Wildman–Crippen MR) is 65.9 cm³/mol. The Morgan fingerprint density at radius 2 is 2.29 bits per heavy atom. The minimum absolute atomic E-state index is 0.0142. The van der Waals surface area contributed by atoms with Crippen LogP contribution in [0, 0.1) is 0 Å². The summed E-state index contributed by atoms with van der Waals surface area (Å²) in [4.78, 5) is 4.12. The Hall–Kier alpha value is -0.980. The van der Waals surface area contributed by atoms with E-state index in [1.807, 2.05) is 18.2 Å². The average Bonchev–Trinajstić information content (AvgIpc) is 2.76. The first-order valence-corrected chi connectivity index (χ1v) is 7.32. The van der Waals surface area contributed by atoms with Crippen LogP contribution in [0.5, 0.6) is 0 Å². The standard InChI is InChI=1S/C11H17N3O2S/c12-10-4-7-14(9-10)17(15,16)8-5-11-3-1-2-6-13-11/h1-3,6,10H,4-5,7-9,12H2/t10-/m1/s1. The number of aryl methyl sites for hydroxylation is 1. The fourth-order valence-corrected chi connectivity index (χ4v) is 3.44. The molecule has 0 aliphatic carbocycles. The summed E-state index contributed by atoms with van der Waals surface area (Å²) in [6.45, 7) is 0.996. The van der Waals surface area contributed by atoms with Crippen LogP contribution in [0.25, 0.3) is 0 Å². The van der Waals surface area contributed by atoms with Crippen LogP contribution in [-0.4, -0.2) is 42.6 Å². The monoisotopic (exact) mass is 255 g/mol. The van der Waals surface area contributed by atoms with Crippen molar-refractivity contribution in [3.05, 3.63) is 30.1 Å². The van der Waals surface area contributed by atoms with Crippen LogP contribution in [-0.2, 0) is 16.4 Å². The molecule has 0 radical (unpaired) electrons. The summed E-state index contributed by atoms with van der Waals surface area (Å²) in [6, 6.07) is 5.50. The number of hydrogen-bond acceptors (Lipinski definition) is 4. The van der Waals surface area contributed by atoms with Gasteiger partial charge in [0.1, 0.15) is 0 Å². The molecule has 6 heteroatoms. The largest absolute Gasteiger partial charge is 0.326 e. The van der Waals surface area contributed by atoms with Gasteiger partial charge in [-0.3, -0.25) is 4.98 Å². The van der Waals surface area contributed by atoms with E-state index in [9.17, 15) is 8.42 Å². The lowest BCUT2D eigenvalue weighted by atomic mass is 10.3. The molecule has 0 unspecified atom stereocenters. The highest BCUT2D eigenvalue weighted by molar-refractivity contribution is 7.89. The predicted octanol–water partition coefficient (Wildman–Crippen LogP) is -0.0131. The molecule has 0 aromatic carbocycles. The number of nitrogens with two attached hydrogens (primary N) is 1. The van der Waals surface area contributed by atoms with E-state index in [0.717, 1.165) is 12.1 Å². The molecule has 1 aromatic heterocycles. The van der Waals surface area contributed by atoms with E-state index in [1.165, 1.54) is 4.31 Å². The van der Waals surface area contributed by atoms with Gasteiger partial charge in [0.05, 0.1) is 5.75 Å². The van der Waals surface area contributed by atoms with Gasteiger partial charge in [-0.05, 0) is 18.6 Å². The maximum absolute atomic E-state index is 12.0. The molecule has 2 heterocycles. The van der Waals surface area contributed by atoms with Gasteiger partial charge in [-0.15, -0.1) is 0 Å². The zero-order chi connectivity index (χ0) is 12.3. The third-order valence-electron chi connectivity index (χ3n) is 2.92. The van der Waals surface area contributed by atoms with Crippen molar-refractivity contribution in [2.75, 3.05) is 18.8 Å². The van der Waals surface area contributed by atoms with Crippen molar-refractivity contribution in [2.24, 2.45) is 5.73 Å². The van der Waals surface area contributed by atoms with E-state index in [-0.39, 0.29) is 11.8 Å². The Morgan fingerprint density at radius 3 is 2.88 bits per heavy atom. The van der Waals surface area contributed by atoms with Gasteiger partial charge in [-0.1, -0.05) is 6.07 Å². The molecule has 1 saturated heterocycles. The molecule has 2 N–H and O–H groups in total. The van der Waals surface area contributed by atoms with E-state index < -0.39 is 10.0 Å². The molecule has 0 bridgehead atoms. The van der Waals surface area contributed by atoms with Crippen molar-refractivity contribution >= 4 is 10.0 Å². The molecular weight excluding hydrogens is 238 g/mol. The van der Waals surface area contributed by atoms with Crippen molar-refractivity contribution in [1.29, 1.82) is 0 Å². The summed E-state index contributed by atoms with van der Waals surface area (Å²) >= 11 is 0. The fraction of sp³-hybridized carbons (Fsp3) is 0.545. The minimum Gasteiger partial charge on any atom is -0.326 e. The molecule has 1 atom stereocenters. The molecule has 1 aliphatic heterocycles. The minimum atomic E-state index is -3.18. The van der Waals surface area contributed by atoms with Gasteiger partial charge in [0, 0.05) is 37.4 Å². The van der Waals surface area contributed by atoms with Crippen LogP contribution < -0.4 is 5.73 Å². The van der Waals surface area contributed by atoms with Crippen molar-refractivity contribution in [2.45, 2.75) is 18.9 Å². The average molecular weight is 255 g/mol. The van der Waals surface area contributed by atoms with Crippen molar-refractivity contribution in [3.8, 4) is 0 Å². The second kappa shape index (κ2) is 5.12. The van der Waals surface area contributed by atoms with Gasteiger partial charge >= 0.3 is 0 Å². The molecule has 94 valence electrons. The zero-order valence-electron chi connectivity index (χ0n) is 9.62. The highest BCUT2D eigenvalue weighted by Crippen LogP contribution is 2.13. The van der Waals surface area contributed by atoms with Crippen LogP contribution in [0.2, 0.25) is 0 Å². The van der Waals surface area contributed by atoms with Gasteiger partial charge < -0.3 is 5.73 Å². The first kappa shape index (κ1) is 12.5. The summed E-state index contributed by atoms with van der Waals surface area (Å²) in [5, 5.41) is 0. The molecule has 1 aliphatic rings. The van der Waals surface area contributed by atoms with Gasteiger partial charge in [0.25, 0.3) is 0 Å². The fourth-order valence-electron chi connectivity index (χ4n) is 1.92. The summed E-state index contributed by atoms with van der Waals surface area (Å²) < 4.78 is 25.5. The first-order chi connectivity index (χ1) is 8.08. The maximum Gasteiger partial charge on any atom is 0.214 e. The SMILES string of the molecule is N[C@@H]1CCN(S(=O)(=O)CCc2ccccn2)C1. The Bertz CT molecular complexity index is 461. The summed E-state index contributed by atoms with van der Waals surface area (Å²) in [5.74, 6) is 0.108. The van der Waals surface area contributed by atoms with E-state index in [1.54, 1.807) is 6.20 Å². The molecular formula is C11H17N3O2S. The maximum atomic E-state index is 12.0. The third kappa shape index (κ3) is 3.24. The van der Waals surface area contributed by atoms with Crippen LogP contribution in [0.15, 0.2) is 24.4 Å². The molecule has 5 nitrogen and oxygen atoms in total. The van der Waals surface area contributed by atoms with E-state index >= 15 is 0 Å². The van der Waals surface area contributed by atoms with E-state index in [0.29, 0.717) is 19.5 Å². The summed E-state index contributed by atoms with van der Waals surface area (Å²) in [5.41, 5.74) is 6.52.